The van der Waals surface area contributed by atoms with Crippen molar-refractivity contribution in [2.75, 3.05) is 25.9 Å². The Bertz CT molecular complexity index is 939. The first-order chi connectivity index (χ1) is 13.3. The number of piperidine rings is 1. The first kappa shape index (κ1) is 19.4. The molecule has 0 atom stereocenters. The molecule has 4 rings (SSSR count). The van der Waals surface area contributed by atoms with Gasteiger partial charge in [0.15, 0.2) is 0 Å². The van der Waals surface area contributed by atoms with E-state index in [1.54, 1.807) is 10.5 Å². The van der Waals surface area contributed by atoms with Gasteiger partial charge in [-0.1, -0.05) is 23.8 Å². The van der Waals surface area contributed by atoms with Crippen LogP contribution in [-0.4, -0.2) is 54.1 Å². The predicted octanol–water partition coefficient (Wildman–Crippen LogP) is 2.58. The second-order valence-electron chi connectivity index (χ2n) is 8.06. The van der Waals surface area contributed by atoms with Crippen LogP contribution in [-0.2, 0) is 23.1 Å². The molecule has 0 N–H and O–H groups in total. The van der Waals surface area contributed by atoms with Crippen LogP contribution in [0, 0.1) is 6.92 Å². The van der Waals surface area contributed by atoms with E-state index in [9.17, 15) is 8.42 Å². The average molecular weight is 402 g/mol. The molecule has 0 bridgehead atoms. The van der Waals surface area contributed by atoms with Gasteiger partial charge in [-0.2, -0.15) is 4.31 Å². The van der Waals surface area contributed by atoms with Crippen molar-refractivity contribution < 1.29 is 13.2 Å². The third kappa shape index (κ3) is 4.21. The van der Waals surface area contributed by atoms with Crippen LogP contribution in [0.3, 0.4) is 0 Å². The molecule has 2 aliphatic rings. The Morgan fingerprint density at radius 3 is 2.68 bits per heavy atom. The van der Waals surface area contributed by atoms with Crippen LogP contribution in [0.4, 0.5) is 0 Å². The van der Waals surface area contributed by atoms with E-state index in [2.05, 4.69) is 16.0 Å². The van der Waals surface area contributed by atoms with Gasteiger partial charge in [0.05, 0.1) is 12.8 Å². The second kappa shape index (κ2) is 7.46. The molecule has 1 fully saturated rings. The molecule has 28 heavy (non-hydrogen) atoms. The zero-order valence-electron chi connectivity index (χ0n) is 16.5. The molecule has 1 aromatic heterocycles. The number of aryl methyl sites for hydroxylation is 1. The van der Waals surface area contributed by atoms with Gasteiger partial charge in [-0.25, -0.2) is 8.42 Å². The normalized spacial score (nSPS) is 20.4. The van der Waals surface area contributed by atoms with Crippen LogP contribution in [0.1, 0.15) is 29.5 Å². The van der Waals surface area contributed by atoms with E-state index in [0.29, 0.717) is 13.1 Å². The highest BCUT2D eigenvalue weighted by Gasteiger charge is 2.42. The number of likely N-dealkylation sites (tertiary alicyclic amines) is 1. The van der Waals surface area contributed by atoms with E-state index in [4.69, 9.17) is 4.74 Å². The lowest BCUT2D eigenvalue weighted by Gasteiger charge is -2.42. The van der Waals surface area contributed by atoms with Gasteiger partial charge in [0.25, 0.3) is 0 Å². The van der Waals surface area contributed by atoms with Crippen LogP contribution in [0.5, 0.6) is 5.75 Å². The lowest BCUT2D eigenvalue weighted by Crippen LogP contribution is -2.53. The van der Waals surface area contributed by atoms with Crippen molar-refractivity contribution in [1.82, 2.24) is 14.2 Å². The standard InChI is InChI=1S/C21H27N3O3S/c1-17-5-6-20-19(12-17)15-24(28(2,25)26)16-21(27-20)7-10-23(11-8-21)14-18-4-3-9-22-13-18/h3-6,9,12-13H,7-8,10-11,14-16H2,1-2H3. The second-order valence-corrected chi connectivity index (χ2v) is 10.0. The number of aromatic nitrogens is 1. The monoisotopic (exact) mass is 401 g/mol. The highest BCUT2D eigenvalue weighted by molar-refractivity contribution is 7.88. The minimum atomic E-state index is -3.31. The number of sulfonamides is 1. The topological polar surface area (TPSA) is 62.7 Å². The summed E-state index contributed by atoms with van der Waals surface area (Å²) in [6, 6.07) is 10.1. The third-order valence-electron chi connectivity index (χ3n) is 5.72. The molecule has 7 heteroatoms. The number of rotatable bonds is 3. The molecule has 1 aromatic carbocycles. The Morgan fingerprint density at radius 1 is 1.21 bits per heavy atom. The van der Waals surface area contributed by atoms with Crippen molar-refractivity contribution in [3.05, 3.63) is 59.4 Å². The average Bonchev–Trinajstić information content (AvgIpc) is 2.81. The Labute approximate surface area is 167 Å². The van der Waals surface area contributed by atoms with Gasteiger partial charge in [0.1, 0.15) is 11.4 Å². The predicted molar refractivity (Wildman–Crippen MR) is 109 cm³/mol. The van der Waals surface area contributed by atoms with Crippen molar-refractivity contribution in [1.29, 1.82) is 0 Å². The SMILES string of the molecule is Cc1ccc2c(c1)CN(S(C)(=O)=O)CC1(CCN(Cc3cccnc3)CC1)O2. The molecule has 2 aromatic rings. The van der Waals surface area contributed by atoms with Crippen LogP contribution in [0.2, 0.25) is 0 Å². The first-order valence-corrected chi connectivity index (χ1v) is 11.5. The van der Waals surface area contributed by atoms with Gasteiger partial charge in [-0.05, 0) is 24.6 Å². The molecule has 150 valence electrons. The number of pyridine rings is 1. The molecule has 0 aliphatic carbocycles. The number of nitrogens with zero attached hydrogens (tertiary/aromatic N) is 3. The van der Waals surface area contributed by atoms with E-state index in [1.165, 1.54) is 11.8 Å². The number of hydrogen-bond acceptors (Lipinski definition) is 5. The molecule has 1 saturated heterocycles. The molecule has 3 heterocycles. The summed E-state index contributed by atoms with van der Waals surface area (Å²) >= 11 is 0. The first-order valence-electron chi connectivity index (χ1n) is 9.68. The maximum Gasteiger partial charge on any atom is 0.211 e. The Balaban J connectivity index is 1.55. The molecule has 0 radical (unpaired) electrons. The minimum absolute atomic E-state index is 0.372. The summed E-state index contributed by atoms with van der Waals surface area (Å²) in [4.78, 5) is 6.58. The van der Waals surface area contributed by atoms with Gasteiger partial charge in [0.2, 0.25) is 10.0 Å². The summed E-state index contributed by atoms with van der Waals surface area (Å²) in [6.07, 6.45) is 6.57. The third-order valence-corrected chi connectivity index (χ3v) is 6.92. The summed E-state index contributed by atoms with van der Waals surface area (Å²) in [5, 5.41) is 0. The number of benzene rings is 1. The molecule has 0 amide bonds. The van der Waals surface area contributed by atoms with Gasteiger partial charge in [0, 0.05) is 57.0 Å². The highest BCUT2D eigenvalue weighted by atomic mass is 32.2. The van der Waals surface area contributed by atoms with Gasteiger partial charge < -0.3 is 4.74 Å². The fourth-order valence-corrected chi connectivity index (χ4v) is 4.97. The van der Waals surface area contributed by atoms with E-state index in [0.717, 1.165) is 49.4 Å². The smallest absolute Gasteiger partial charge is 0.211 e. The molecular formula is C21H27N3O3S. The summed E-state index contributed by atoms with van der Waals surface area (Å²) in [5.41, 5.74) is 2.77. The summed E-state index contributed by atoms with van der Waals surface area (Å²) in [6.45, 7) is 5.39. The Morgan fingerprint density at radius 2 is 2.00 bits per heavy atom. The van der Waals surface area contributed by atoms with Crippen molar-refractivity contribution in [3.63, 3.8) is 0 Å². The van der Waals surface area contributed by atoms with Crippen molar-refractivity contribution >= 4 is 10.0 Å². The van der Waals surface area contributed by atoms with Gasteiger partial charge in [-0.15, -0.1) is 0 Å². The van der Waals surface area contributed by atoms with Crippen LogP contribution in [0.15, 0.2) is 42.7 Å². The quantitative estimate of drug-likeness (QED) is 0.791. The van der Waals surface area contributed by atoms with Gasteiger partial charge in [-0.3, -0.25) is 9.88 Å². The zero-order valence-corrected chi connectivity index (χ0v) is 17.3. The molecule has 6 nitrogen and oxygen atoms in total. The molecule has 0 saturated carbocycles. The Kier molecular flexibility index (Phi) is 5.16. The molecule has 0 unspecified atom stereocenters. The molecular weight excluding hydrogens is 374 g/mol. The lowest BCUT2D eigenvalue weighted by molar-refractivity contribution is -0.00746. The Hall–Kier alpha value is -1.96. The number of fused-ring (bicyclic) bond motifs is 1. The van der Waals surface area contributed by atoms with Crippen LogP contribution < -0.4 is 4.74 Å². The van der Waals surface area contributed by atoms with Crippen molar-refractivity contribution in [2.45, 2.75) is 38.5 Å². The maximum atomic E-state index is 12.4. The summed E-state index contributed by atoms with van der Waals surface area (Å²) in [5.74, 6) is 0.817. The minimum Gasteiger partial charge on any atom is -0.485 e. The maximum absolute atomic E-state index is 12.4. The zero-order chi connectivity index (χ0) is 19.8. The van der Waals surface area contributed by atoms with Crippen LogP contribution in [0.25, 0.3) is 0 Å². The van der Waals surface area contributed by atoms with E-state index in [1.807, 2.05) is 37.4 Å². The van der Waals surface area contributed by atoms with E-state index >= 15 is 0 Å². The largest absolute Gasteiger partial charge is 0.485 e. The molecule has 1 spiro atoms. The lowest BCUT2D eigenvalue weighted by atomic mass is 9.90. The van der Waals surface area contributed by atoms with E-state index in [-0.39, 0.29) is 0 Å². The fourth-order valence-electron chi connectivity index (χ4n) is 4.13. The summed E-state index contributed by atoms with van der Waals surface area (Å²) < 4.78 is 32.9. The highest BCUT2D eigenvalue weighted by Crippen LogP contribution is 2.37. The summed E-state index contributed by atoms with van der Waals surface area (Å²) in [7, 11) is -3.31. The van der Waals surface area contributed by atoms with Crippen molar-refractivity contribution in [3.8, 4) is 5.75 Å². The number of hydrogen-bond donors (Lipinski definition) is 0. The van der Waals surface area contributed by atoms with Gasteiger partial charge >= 0.3 is 0 Å². The fraction of sp³-hybridized carbons (Fsp3) is 0.476. The number of ether oxygens (including phenoxy) is 1. The van der Waals surface area contributed by atoms with E-state index < -0.39 is 15.6 Å². The van der Waals surface area contributed by atoms with Crippen molar-refractivity contribution in [2.24, 2.45) is 0 Å². The molecule has 2 aliphatic heterocycles. The van der Waals surface area contributed by atoms with Crippen LogP contribution >= 0.6 is 0 Å².